The monoisotopic (exact) mass is 973 g/mol. The SMILES string of the molecule is CNCCOCCOCCOCCOCCOCCOCCOCCOCCOCCOCCOCCOCCOCCCCCC(=O)Nc1cccc2c1C(=O)N(C1CCC(=O)NC1=O)C2=O. The van der Waals surface area contributed by atoms with E-state index >= 15 is 0 Å². The average molecular weight is 973 g/mol. The second-order valence-corrected chi connectivity index (χ2v) is 15.1. The van der Waals surface area contributed by atoms with Gasteiger partial charge in [-0.1, -0.05) is 12.5 Å². The molecule has 0 aromatic heterocycles. The van der Waals surface area contributed by atoms with Gasteiger partial charge in [-0.2, -0.15) is 0 Å². The smallest absolute Gasteiger partial charge is 0.264 e. The Labute approximate surface area is 400 Å². The molecule has 1 unspecified atom stereocenters. The molecule has 2 heterocycles. The third-order valence-electron chi connectivity index (χ3n) is 9.90. The third-order valence-corrected chi connectivity index (χ3v) is 9.90. The Morgan fingerprint density at radius 2 is 0.926 bits per heavy atom. The molecule has 1 saturated heterocycles. The number of hydrogen-bond donors (Lipinski definition) is 3. The first-order chi connectivity index (χ1) is 33.4. The number of hydrogen-bond acceptors (Lipinski definition) is 19. The van der Waals surface area contributed by atoms with Gasteiger partial charge in [0.25, 0.3) is 11.8 Å². The Balaban J connectivity index is 0.955. The first-order valence-electron chi connectivity index (χ1n) is 23.7. The van der Waals surface area contributed by atoms with Gasteiger partial charge in [-0.05, 0) is 38.4 Å². The highest BCUT2D eigenvalue weighted by atomic mass is 16.6. The predicted molar refractivity (Wildman–Crippen MR) is 245 cm³/mol. The maximum absolute atomic E-state index is 13.2. The minimum absolute atomic E-state index is 0.0259. The molecule has 388 valence electrons. The van der Waals surface area contributed by atoms with Crippen LogP contribution in [-0.4, -0.2) is 226 Å². The van der Waals surface area contributed by atoms with Crippen molar-refractivity contribution < 1.29 is 85.6 Å². The summed E-state index contributed by atoms with van der Waals surface area (Å²) in [4.78, 5) is 63.6. The molecule has 1 aromatic rings. The highest BCUT2D eigenvalue weighted by Crippen LogP contribution is 2.32. The fourth-order valence-electron chi connectivity index (χ4n) is 6.41. The Hall–Kier alpha value is -3.59. The molecular formula is C46H76N4O18. The lowest BCUT2D eigenvalue weighted by atomic mass is 10.0. The van der Waals surface area contributed by atoms with E-state index in [1.54, 1.807) is 12.1 Å². The number of unbranched alkanes of at least 4 members (excludes halogenated alkanes) is 2. The maximum atomic E-state index is 13.2. The van der Waals surface area contributed by atoms with E-state index < -0.39 is 29.7 Å². The van der Waals surface area contributed by atoms with Gasteiger partial charge >= 0.3 is 0 Å². The lowest BCUT2D eigenvalue weighted by Crippen LogP contribution is -2.54. The molecular weight excluding hydrogens is 897 g/mol. The van der Waals surface area contributed by atoms with Crippen molar-refractivity contribution >= 4 is 35.2 Å². The van der Waals surface area contributed by atoms with Gasteiger partial charge in [0.05, 0.1) is 182 Å². The van der Waals surface area contributed by atoms with E-state index in [1.807, 2.05) is 7.05 Å². The maximum Gasteiger partial charge on any atom is 0.264 e. The fourth-order valence-corrected chi connectivity index (χ4v) is 6.41. The predicted octanol–water partition coefficient (Wildman–Crippen LogP) is 1.02. The largest absolute Gasteiger partial charge is 0.379 e. The van der Waals surface area contributed by atoms with Gasteiger partial charge in [-0.3, -0.25) is 34.2 Å². The van der Waals surface area contributed by atoms with E-state index in [-0.39, 0.29) is 42.0 Å². The second-order valence-electron chi connectivity index (χ2n) is 15.1. The molecule has 0 radical (unpaired) electrons. The lowest BCUT2D eigenvalue weighted by molar-refractivity contribution is -0.136. The number of carbonyl (C=O) groups is 5. The molecule has 22 heteroatoms. The summed E-state index contributed by atoms with van der Waals surface area (Å²) in [7, 11) is 1.89. The zero-order valence-electron chi connectivity index (χ0n) is 39.9. The third kappa shape index (κ3) is 27.0. The minimum atomic E-state index is -1.08. The lowest BCUT2D eigenvalue weighted by Gasteiger charge is -2.27. The molecule has 3 rings (SSSR count). The molecule has 1 fully saturated rings. The molecule has 0 saturated carbocycles. The number of likely N-dealkylation sites (N-methyl/N-ethyl adjacent to an activating group) is 1. The van der Waals surface area contributed by atoms with E-state index in [2.05, 4.69) is 16.0 Å². The van der Waals surface area contributed by atoms with Crippen molar-refractivity contribution in [2.75, 3.05) is 191 Å². The van der Waals surface area contributed by atoms with Crippen LogP contribution in [0.4, 0.5) is 5.69 Å². The summed E-state index contributed by atoms with van der Waals surface area (Å²) in [5.74, 6) is -2.73. The summed E-state index contributed by atoms with van der Waals surface area (Å²) >= 11 is 0. The number of piperidine rings is 1. The molecule has 3 N–H and O–H groups in total. The minimum Gasteiger partial charge on any atom is -0.379 e. The number of nitrogens with one attached hydrogen (secondary N) is 3. The van der Waals surface area contributed by atoms with Crippen LogP contribution in [0.5, 0.6) is 0 Å². The van der Waals surface area contributed by atoms with Crippen LogP contribution >= 0.6 is 0 Å². The molecule has 0 bridgehead atoms. The standard InChI is InChI=1S/C46H76N4O18/c1-47-11-13-57-15-17-59-19-21-61-23-25-63-27-29-65-31-33-67-35-37-68-36-34-66-32-30-64-28-26-62-24-22-60-20-18-58-16-14-56-12-4-2-3-8-41(51)48-39-7-5-6-38-43(39)46(55)50(45(38)54)40-9-10-42(52)49-44(40)53/h5-7,40,47H,2-4,8-37H2,1H3,(H,48,51)(H,49,52,53). The molecule has 0 aliphatic carbocycles. The summed E-state index contributed by atoms with van der Waals surface area (Å²) in [5, 5.41) is 7.93. The Bertz CT molecular complexity index is 1530. The Kier molecular flexibility index (Phi) is 34.7. The zero-order chi connectivity index (χ0) is 48.5. The second kappa shape index (κ2) is 40.2. The number of carbonyl (C=O) groups excluding carboxylic acids is 5. The first-order valence-corrected chi connectivity index (χ1v) is 23.7. The molecule has 0 spiro atoms. The van der Waals surface area contributed by atoms with E-state index in [1.165, 1.54) is 6.07 Å². The van der Waals surface area contributed by atoms with Crippen LogP contribution < -0.4 is 16.0 Å². The summed E-state index contributed by atoms with van der Waals surface area (Å²) < 4.78 is 71.4. The van der Waals surface area contributed by atoms with Gasteiger partial charge in [0.15, 0.2) is 0 Å². The molecule has 1 atom stereocenters. The number of benzene rings is 1. The highest BCUT2D eigenvalue weighted by molar-refractivity contribution is 6.26. The number of fused-ring (bicyclic) bond motifs is 1. The van der Waals surface area contributed by atoms with E-state index in [4.69, 9.17) is 61.6 Å². The van der Waals surface area contributed by atoms with E-state index in [0.29, 0.717) is 178 Å². The van der Waals surface area contributed by atoms with E-state index in [0.717, 1.165) is 24.3 Å². The molecule has 5 amide bonds. The number of rotatable bonds is 47. The zero-order valence-corrected chi connectivity index (χ0v) is 39.9. The number of imide groups is 2. The topological polar surface area (TPSA) is 245 Å². The molecule has 1 aromatic carbocycles. The van der Waals surface area contributed by atoms with Crippen molar-refractivity contribution in [2.24, 2.45) is 0 Å². The number of anilines is 1. The van der Waals surface area contributed by atoms with Crippen LogP contribution in [0.15, 0.2) is 18.2 Å². The van der Waals surface area contributed by atoms with Crippen molar-refractivity contribution in [2.45, 2.75) is 44.6 Å². The van der Waals surface area contributed by atoms with Gasteiger partial charge in [0.2, 0.25) is 17.7 Å². The van der Waals surface area contributed by atoms with Gasteiger partial charge in [0.1, 0.15) is 6.04 Å². The van der Waals surface area contributed by atoms with Gasteiger partial charge in [-0.25, -0.2) is 0 Å². The van der Waals surface area contributed by atoms with Crippen molar-refractivity contribution in [1.29, 1.82) is 0 Å². The van der Waals surface area contributed by atoms with Crippen LogP contribution in [0.2, 0.25) is 0 Å². The van der Waals surface area contributed by atoms with E-state index in [9.17, 15) is 24.0 Å². The highest BCUT2D eigenvalue weighted by Gasteiger charge is 2.45. The van der Waals surface area contributed by atoms with Crippen molar-refractivity contribution in [1.82, 2.24) is 15.5 Å². The van der Waals surface area contributed by atoms with Gasteiger partial charge in [0, 0.05) is 26.0 Å². The Morgan fingerprint density at radius 1 is 0.529 bits per heavy atom. The molecule has 68 heavy (non-hydrogen) atoms. The van der Waals surface area contributed by atoms with Crippen LogP contribution in [0, 0.1) is 0 Å². The number of nitrogens with zero attached hydrogens (tertiary/aromatic N) is 1. The molecule has 2 aliphatic heterocycles. The van der Waals surface area contributed by atoms with Crippen LogP contribution in [0.25, 0.3) is 0 Å². The number of amides is 5. The van der Waals surface area contributed by atoms with Crippen molar-refractivity contribution in [3.63, 3.8) is 0 Å². The summed E-state index contributed by atoms with van der Waals surface area (Å²) in [6, 6.07) is 3.52. The van der Waals surface area contributed by atoms with Gasteiger partial charge < -0.3 is 72.2 Å². The summed E-state index contributed by atoms with van der Waals surface area (Å²) in [6.45, 7) is 13.7. The molecule has 22 nitrogen and oxygen atoms in total. The average Bonchev–Trinajstić information content (AvgIpc) is 3.59. The van der Waals surface area contributed by atoms with Gasteiger partial charge in [-0.15, -0.1) is 0 Å². The molecule has 2 aliphatic rings. The van der Waals surface area contributed by atoms with Crippen LogP contribution in [-0.2, 0) is 76.0 Å². The summed E-state index contributed by atoms with van der Waals surface area (Å²) in [5.41, 5.74) is 0.376. The Morgan fingerprint density at radius 3 is 1.32 bits per heavy atom. The number of ether oxygens (including phenoxy) is 13. The quantitative estimate of drug-likeness (QED) is 0.0610. The fraction of sp³-hybridized carbons (Fsp3) is 0.761. The first kappa shape index (κ1) is 58.7. The van der Waals surface area contributed by atoms with Crippen molar-refractivity contribution in [3.8, 4) is 0 Å². The summed E-state index contributed by atoms with van der Waals surface area (Å²) in [6.07, 6.45) is 2.43. The van der Waals surface area contributed by atoms with Crippen molar-refractivity contribution in [3.05, 3.63) is 29.3 Å². The van der Waals surface area contributed by atoms with Crippen LogP contribution in [0.1, 0.15) is 59.2 Å². The van der Waals surface area contributed by atoms with Crippen LogP contribution in [0.3, 0.4) is 0 Å². The normalized spacial score (nSPS) is 14.8.